The number of aliphatic carboxylic acids is 1. The summed E-state index contributed by atoms with van der Waals surface area (Å²) in [5.74, 6) is -0.843. The summed E-state index contributed by atoms with van der Waals surface area (Å²) in [6.07, 6.45) is 3.14. The maximum Gasteiger partial charge on any atom is 0.310 e. The summed E-state index contributed by atoms with van der Waals surface area (Å²) < 4.78 is 1.09. The van der Waals surface area contributed by atoms with Crippen LogP contribution in [0.25, 0.3) is 0 Å². The highest BCUT2D eigenvalue weighted by molar-refractivity contribution is 9.10. The van der Waals surface area contributed by atoms with Crippen LogP contribution >= 0.6 is 15.9 Å². The van der Waals surface area contributed by atoms with E-state index in [1.165, 1.54) is 5.56 Å². The van der Waals surface area contributed by atoms with Gasteiger partial charge in [0.15, 0.2) is 0 Å². The zero-order valence-corrected chi connectivity index (χ0v) is 13.4. The van der Waals surface area contributed by atoms with Crippen molar-refractivity contribution in [2.45, 2.75) is 38.6 Å². The molecule has 1 N–H and O–H groups in total. The Labute approximate surface area is 132 Å². The van der Waals surface area contributed by atoms with Gasteiger partial charge in [-0.05, 0) is 36.5 Å². The van der Waals surface area contributed by atoms with E-state index in [0.29, 0.717) is 25.9 Å². The predicted molar refractivity (Wildman–Crippen MR) is 81.8 cm³/mol. The van der Waals surface area contributed by atoms with E-state index in [0.717, 1.165) is 22.9 Å². The summed E-state index contributed by atoms with van der Waals surface area (Å²) in [6, 6.07) is 6.03. The SMILES string of the molecule is O=C(CC1(C(=O)O)CCC1)N1CCc2c(Br)cccc2C1. The molecule has 0 bridgehead atoms. The molecule has 1 fully saturated rings. The third kappa shape index (κ3) is 2.59. The van der Waals surface area contributed by atoms with Crippen LogP contribution in [-0.2, 0) is 22.6 Å². The van der Waals surface area contributed by atoms with Crippen molar-refractivity contribution in [1.29, 1.82) is 0 Å². The first-order valence-electron chi connectivity index (χ1n) is 7.29. The first-order chi connectivity index (χ1) is 10.0. The maximum absolute atomic E-state index is 12.5. The smallest absolute Gasteiger partial charge is 0.310 e. The van der Waals surface area contributed by atoms with Gasteiger partial charge in [0.2, 0.25) is 5.91 Å². The molecule has 1 aliphatic carbocycles. The molecular weight excluding hydrogens is 334 g/mol. The molecular formula is C16H18BrNO3. The lowest BCUT2D eigenvalue weighted by Crippen LogP contribution is -2.45. The maximum atomic E-state index is 12.5. The number of hydrogen-bond acceptors (Lipinski definition) is 2. The van der Waals surface area contributed by atoms with Crippen molar-refractivity contribution in [3.8, 4) is 0 Å². The van der Waals surface area contributed by atoms with Crippen molar-refractivity contribution in [3.05, 3.63) is 33.8 Å². The summed E-state index contributed by atoms with van der Waals surface area (Å²) in [5, 5.41) is 9.35. The molecule has 1 saturated carbocycles. The number of carbonyl (C=O) groups excluding carboxylic acids is 1. The fourth-order valence-corrected chi connectivity index (χ4v) is 3.85. The Morgan fingerprint density at radius 3 is 2.71 bits per heavy atom. The number of carbonyl (C=O) groups is 2. The van der Waals surface area contributed by atoms with Crippen LogP contribution in [0.15, 0.2) is 22.7 Å². The second-order valence-corrected chi connectivity index (χ2v) is 6.91. The van der Waals surface area contributed by atoms with Gasteiger partial charge in [0, 0.05) is 24.0 Å². The number of carboxylic acids is 1. The molecule has 3 rings (SSSR count). The Balaban J connectivity index is 1.71. The van der Waals surface area contributed by atoms with Gasteiger partial charge in [0.1, 0.15) is 0 Å². The Morgan fingerprint density at radius 2 is 2.10 bits per heavy atom. The molecule has 0 saturated heterocycles. The molecule has 112 valence electrons. The number of fused-ring (bicyclic) bond motifs is 1. The van der Waals surface area contributed by atoms with Crippen LogP contribution in [0.2, 0.25) is 0 Å². The van der Waals surface area contributed by atoms with E-state index in [4.69, 9.17) is 0 Å². The number of hydrogen-bond donors (Lipinski definition) is 1. The van der Waals surface area contributed by atoms with E-state index in [2.05, 4.69) is 15.9 Å². The van der Waals surface area contributed by atoms with Crippen LogP contribution in [0.5, 0.6) is 0 Å². The summed E-state index contributed by atoms with van der Waals surface area (Å²) in [5.41, 5.74) is 1.62. The zero-order valence-electron chi connectivity index (χ0n) is 11.8. The molecule has 1 heterocycles. The molecule has 1 aromatic rings. The number of nitrogens with zero attached hydrogens (tertiary/aromatic N) is 1. The molecule has 0 atom stereocenters. The van der Waals surface area contributed by atoms with Gasteiger partial charge in [-0.1, -0.05) is 34.5 Å². The van der Waals surface area contributed by atoms with Gasteiger partial charge in [0.05, 0.1) is 5.41 Å². The van der Waals surface area contributed by atoms with Gasteiger partial charge >= 0.3 is 5.97 Å². The Kier molecular flexibility index (Phi) is 3.78. The molecule has 1 amide bonds. The molecule has 0 radical (unpaired) electrons. The topological polar surface area (TPSA) is 57.6 Å². The minimum Gasteiger partial charge on any atom is -0.481 e. The third-order valence-corrected chi connectivity index (χ3v) is 5.56. The van der Waals surface area contributed by atoms with E-state index in [-0.39, 0.29) is 12.3 Å². The molecule has 0 spiro atoms. The molecule has 0 aromatic heterocycles. The van der Waals surface area contributed by atoms with Crippen LogP contribution in [-0.4, -0.2) is 28.4 Å². The second kappa shape index (κ2) is 5.44. The molecule has 1 aromatic carbocycles. The van der Waals surface area contributed by atoms with Crippen molar-refractivity contribution in [2.75, 3.05) is 6.54 Å². The van der Waals surface area contributed by atoms with Gasteiger partial charge < -0.3 is 10.0 Å². The lowest BCUT2D eigenvalue weighted by Gasteiger charge is -2.39. The first-order valence-corrected chi connectivity index (χ1v) is 8.09. The predicted octanol–water partition coefficient (Wildman–Crippen LogP) is 2.98. The number of amides is 1. The fourth-order valence-electron chi connectivity index (χ4n) is 3.25. The fraction of sp³-hybridized carbons (Fsp3) is 0.500. The molecule has 0 unspecified atom stereocenters. The van der Waals surface area contributed by atoms with Crippen molar-refractivity contribution in [1.82, 2.24) is 4.90 Å². The van der Waals surface area contributed by atoms with Gasteiger partial charge in [-0.2, -0.15) is 0 Å². The van der Waals surface area contributed by atoms with Crippen molar-refractivity contribution in [3.63, 3.8) is 0 Å². The number of halogens is 1. The average Bonchev–Trinajstić information content (AvgIpc) is 2.42. The van der Waals surface area contributed by atoms with Gasteiger partial charge in [-0.15, -0.1) is 0 Å². The van der Waals surface area contributed by atoms with Crippen molar-refractivity contribution in [2.24, 2.45) is 5.41 Å². The molecule has 2 aliphatic rings. The van der Waals surface area contributed by atoms with E-state index < -0.39 is 11.4 Å². The Hall–Kier alpha value is -1.36. The second-order valence-electron chi connectivity index (χ2n) is 6.06. The summed E-state index contributed by atoms with van der Waals surface area (Å²) in [4.78, 5) is 25.6. The monoisotopic (exact) mass is 351 g/mol. The van der Waals surface area contributed by atoms with Crippen molar-refractivity contribution >= 4 is 27.8 Å². The third-order valence-electron chi connectivity index (χ3n) is 4.82. The van der Waals surface area contributed by atoms with E-state index >= 15 is 0 Å². The lowest BCUT2D eigenvalue weighted by atomic mass is 9.66. The molecule has 4 nitrogen and oxygen atoms in total. The highest BCUT2D eigenvalue weighted by Crippen LogP contribution is 2.44. The standard InChI is InChI=1S/C16H18BrNO3/c17-13-4-1-3-11-10-18(8-5-12(11)13)14(19)9-16(15(20)21)6-2-7-16/h1,3-4H,2,5-10H2,(H,20,21). The first kappa shape index (κ1) is 14.6. The largest absolute Gasteiger partial charge is 0.481 e. The van der Waals surface area contributed by atoms with Crippen molar-refractivity contribution < 1.29 is 14.7 Å². The summed E-state index contributed by atoms with van der Waals surface area (Å²) >= 11 is 3.55. The number of benzene rings is 1. The van der Waals surface area contributed by atoms with E-state index in [1.807, 2.05) is 18.2 Å². The normalized spacial score (nSPS) is 19.6. The molecule has 21 heavy (non-hydrogen) atoms. The van der Waals surface area contributed by atoms with Gasteiger partial charge in [-0.25, -0.2) is 0 Å². The lowest BCUT2D eigenvalue weighted by molar-refractivity contribution is -0.159. The van der Waals surface area contributed by atoms with Gasteiger partial charge in [-0.3, -0.25) is 9.59 Å². The van der Waals surface area contributed by atoms with E-state index in [1.54, 1.807) is 4.90 Å². The highest BCUT2D eigenvalue weighted by atomic mass is 79.9. The van der Waals surface area contributed by atoms with Gasteiger partial charge in [0.25, 0.3) is 0 Å². The van der Waals surface area contributed by atoms with Crippen LogP contribution in [0, 0.1) is 5.41 Å². The number of carboxylic acid groups (broad SMARTS) is 1. The Bertz CT molecular complexity index is 595. The van der Waals surface area contributed by atoms with E-state index in [9.17, 15) is 14.7 Å². The minimum absolute atomic E-state index is 0.0253. The quantitative estimate of drug-likeness (QED) is 0.910. The minimum atomic E-state index is -0.817. The van der Waals surface area contributed by atoms with Crippen LogP contribution in [0.4, 0.5) is 0 Å². The van der Waals surface area contributed by atoms with Crippen LogP contribution in [0.3, 0.4) is 0 Å². The average molecular weight is 352 g/mol. The van der Waals surface area contributed by atoms with Crippen LogP contribution in [0.1, 0.15) is 36.8 Å². The highest BCUT2D eigenvalue weighted by Gasteiger charge is 2.46. The zero-order chi connectivity index (χ0) is 15.0. The number of rotatable bonds is 3. The van der Waals surface area contributed by atoms with Crippen LogP contribution < -0.4 is 0 Å². The summed E-state index contributed by atoms with van der Waals surface area (Å²) in [6.45, 7) is 1.26. The molecule has 1 aliphatic heterocycles. The molecule has 5 heteroatoms. The summed E-state index contributed by atoms with van der Waals surface area (Å²) in [7, 11) is 0. The Morgan fingerprint density at radius 1 is 1.33 bits per heavy atom.